The number of fused-ring (bicyclic) bond motifs is 5. The summed E-state index contributed by atoms with van der Waals surface area (Å²) in [5, 5.41) is 10.6. The second kappa shape index (κ2) is 7.20. The maximum absolute atomic E-state index is 10.3. The van der Waals surface area contributed by atoms with Crippen molar-refractivity contribution in [1.29, 1.82) is 0 Å². The van der Waals surface area contributed by atoms with Crippen LogP contribution in [-0.4, -0.2) is 25.6 Å². The van der Waals surface area contributed by atoms with Gasteiger partial charge in [-0.05, 0) is 105 Å². The highest BCUT2D eigenvalue weighted by molar-refractivity contribution is 6.74. The van der Waals surface area contributed by atoms with Gasteiger partial charge in [0.25, 0.3) is 0 Å². The number of aliphatic hydroxyl groups excluding tert-OH is 1. The van der Waals surface area contributed by atoms with Gasteiger partial charge in [0, 0.05) is 0 Å². The normalized spacial score (nSPS) is 45.2. The van der Waals surface area contributed by atoms with Gasteiger partial charge in [0.1, 0.15) is 0 Å². The summed E-state index contributed by atoms with van der Waals surface area (Å²) in [7, 11) is -1.73. The third-order valence-electron chi connectivity index (χ3n) is 10.6. The molecule has 0 bridgehead atoms. The highest BCUT2D eigenvalue weighted by atomic mass is 28.4. The van der Waals surface area contributed by atoms with Crippen molar-refractivity contribution >= 4 is 8.32 Å². The molecule has 2 nitrogen and oxygen atoms in total. The molecule has 3 fully saturated rings. The molecule has 0 radical (unpaired) electrons. The van der Waals surface area contributed by atoms with Crippen molar-refractivity contribution in [1.82, 2.24) is 0 Å². The third-order valence-corrected chi connectivity index (χ3v) is 15.1. The van der Waals surface area contributed by atoms with Gasteiger partial charge < -0.3 is 9.53 Å². The van der Waals surface area contributed by atoms with E-state index in [1.807, 2.05) is 0 Å². The van der Waals surface area contributed by atoms with Gasteiger partial charge in [-0.1, -0.05) is 46.3 Å². The van der Waals surface area contributed by atoms with Crippen LogP contribution in [0.5, 0.6) is 0 Å². The van der Waals surface area contributed by atoms with Crippen LogP contribution in [0.2, 0.25) is 18.1 Å². The van der Waals surface area contributed by atoms with Crippen molar-refractivity contribution < 1.29 is 9.53 Å². The molecule has 4 aliphatic carbocycles. The van der Waals surface area contributed by atoms with Gasteiger partial charge in [-0.25, -0.2) is 0 Å². The van der Waals surface area contributed by atoms with Crippen molar-refractivity contribution in [3.05, 3.63) is 11.6 Å². The van der Waals surface area contributed by atoms with Crippen LogP contribution in [0.1, 0.15) is 92.4 Å². The quantitative estimate of drug-likeness (QED) is 0.391. The van der Waals surface area contributed by atoms with Gasteiger partial charge in [0.05, 0.1) is 12.2 Å². The molecule has 1 N–H and O–H groups in total. The molecule has 0 aromatic carbocycles. The minimum absolute atomic E-state index is 0.0971. The van der Waals surface area contributed by atoms with E-state index in [-0.39, 0.29) is 11.1 Å². The van der Waals surface area contributed by atoms with Crippen molar-refractivity contribution in [3.63, 3.8) is 0 Å². The minimum Gasteiger partial charge on any atom is -0.413 e. The first-order valence-corrected chi connectivity index (χ1v) is 15.4. The first kappa shape index (κ1) is 22.1. The summed E-state index contributed by atoms with van der Waals surface area (Å²) in [6.07, 6.45) is 14.0. The molecule has 0 amide bonds. The molecule has 166 valence electrons. The van der Waals surface area contributed by atoms with Crippen LogP contribution in [0.15, 0.2) is 11.6 Å². The molecular weight excluding hydrogens is 372 g/mol. The Hall–Kier alpha value is -0.123. The Morgan fingerprint density at radius 3 is 2.48 bits per heavy atom. The van der Waals surface area contributed by atoms with Gasteiger partial charge in [-0.15, -0.1) is 0 Å². The summed E-state index contributed by atoms with van der Waals surface area (Å²) in [4.78, 5) is 0. The van der Waals surface area contributed by atoms with Crippen LogP contribution in [0.3, 0.4) is 0 Å². The summed E-state index contributed by atoms with van der Waals surface area (Å²) in [6, 6.07) is 0. The lowest BCUT2D eigenvalue weighted by atomic mass is 9.47. The van der Waals surface area contributed by atoms with E-state index < -0.39 is 8.32 Å². The molecule has 0 aromatic heterocycles. The van der Waals surface area contributed by atoms with Crippen LogP contribution < -0.4 is 0 Å². The van der Waals surface area contributed by atoms with E-state index in [4.69, 9.17) is 4.43 Å². The van der Waals surface area contributed by atoms with E-state index >= 15 is 0 Å². The van der Waals surface area contributed by atoms with E-state index in [1.165, 1.54) is 44.9 Å². The highest BCUT2D eigenvalue weighted by Crippen LogP contribution is 2.66. The standard InChI is InChI=1S/C26H46O2Si/c1-8-26-16-13-19(27)17-18(26)9-10-20-21-11-12-23(25(21,5)15-14-22(20)26)28-29(6,7)24(2,3)4/h9,19-23,27H,8,10-17H2,1-7H3/t19?,20-,21-,22+,23?,25-,26-/m0/s1. The number of hydrogen-bond donors (Lipinski definition) is 1. The predicted octanol–water partition coefficient (Wildman–Crippen LogP) is 7.09. The fraction of sp³-hybridized carbons (Fsp3) is 0.923. The van der Waals surface area contributed by atoms with Crippen molar-refractivity contribution in [2.75, 3.05) is 0 Å². The molecule has 4 aliphatic rings. The Morgan fingerprint density at radius 1 is 1.10 bits per heavy atom. The van der Waals surface area contributed by atoms with Gasteiger partial charge in [-0.3, -0.25) is 0 Å². The summed E-state index contributed by atoms with van der Waals surface area (Å²) in [5.74, 6) is 2.49. The zero-order valence-corrected chi connectivity index (χ0v) is 21.2. The maximum atomic E-state index is 10.3. The molecule has 0 aromatic rings. The molecule has 29 heavy (non-hydrogen) atoms. The molecular formula is C26H46O2Si. The van der Waals surface area contributed by atoms with Gasteiger partial charge in [-0.2, -0.15) is 0 Å². The smallest absolute Gasteiger partial charge is 0.192 e. The van der Waals surface area contributed by atoms with Crippen molar-refractivity contribution in [2.24, 2.45) is 28.6 Å². The lowest BCUT2D eigenvalue weighted by molar-refractivity contribution is -0.0737. The number of allylic oxidation sites excluding steroid dienone is 1. The summed E-state index contributed by atoms with van der Waals surface area (Å²) in [5.41, 5.74) is 2.38. The van der Waals surface area contributed by atoms with Crippen molar-refractivity contribution in [2.45, 2.75) is 123 Å². The Morgan fingerprint density at radius 2 is 1.83 bits per heavy atom. The number of rotatable bonds is 3. The van der Waals surface area contributed by atoms with E-state index in [2.05, 4.69) is 53.8 Å². The van der Waals surface area contributed by atoms with Gasteiger partial charge >= 0.3 is 0 Å². The van der Waals surface area contributed by atoms with E-state index in [9.17, 15) is 5.11 Å². The molecule has 4 rings (SSSR count). The summed E-state index contributed by atoms with van der Waals surface area (Å²) < 4.78 is 7.08. The predicted molar refractivity (Wildman–Crippen MR) is 124 cm³/mol. The molecule has 0 saturated heterocycles. The van der Waals surface area contributed by atoms with Crippen LogP contribution >= 0.6 is 0 Å². The summed E-state index contributed by atoms with van der Waals surface area (Å²) in [6.45, 7) is 17.0. The highest BCUT2D eigenvalue weighted by Gasteiger charge is 2.60. The average molecular weight is 419 g/mol. The minimum atomic E-state index is -1.73. The van der Waals surface area contributed by atoms with Crippen LogP contribution in [0.4, 0.5) is 0 Å². The van der Waals surface area contributed by atoms with Gasteiger partial charge in [0.15, 0.2) is 8.32 Å². The molecule has 0 spiro atoms. The van der Waals surface area contributed by atoms with E-state index in [0.29, 0.717) is 16.9 Å². The van der Waals surface area contributed by atoms with Crippen molar-refractivity contribution in [3.8, 4) is 0 Å². The largest absolute Gasteiger partial charge is 0.413 e. The Labute approximate surface area is 181 Å². The first-order chi connectivity index (χ1) is 13.4. The van der Waals surface area contributed by atoms with Crippen LogP contribution in [0.25, 0.3) is 0 Å². The van der Waals surface area contributed by atoms with E-state index in [1.54, 1.807) is 5.57 Å². The molecule has 3 heteroatoms. The van der Waals surface area contributed by atoms with E-state index in [0.717, 1.165) is 30.6 Å². The monoisotopic (exact) mass is 418 g/mol. The SMILES string of the molecule is CC[C@]12CCC(O)CC1=CC[C@@H]1[C@H]2CC[C@]2(C)C(O[Si](C)(C)C(C)(C)C)CC[C@@H]12. The topological polar surface area (TPSA) is 29.5 Å². The van der Waals surface area contributed by atoms with Crippen LogP contribution in [0, 0.1) is 28.6 Å². The molecule has 2 unspecified atom stereocenters. The average Bonchev–Trinajstić information content (AvgIpc) is 2.96. The lowest BCUT2D eigenvalue weighted by Gasteiger charge is -2.59. The zero-order chi connectivity index (χ0) is 21.2. The fourth-order valence-electron chi connectivity index (χ4n) is 7.78. The summed E-state index contributed by atoms with van der Waals surface area (Å²) >= 11 is 0. The molecule has 3 saturated carbocycles. The molecule has 0 heterocycles. The third kappa shape index (κ3) is 3.33. The maximum Gasteiger partial charge on any atom is 0.192 e. The first-order valence-electron chi connectivity index (χ1n) is 12.5. The number of hydrogen-bond acceptors (Lipinski definition) is 2. The second-order valence-electron chi connectivity index (χ2n) is 12.7. The Kier molecular flexibility index (Phi) is 5.48. The number of aliphatic hydroxyl groups is 1. The Bertz CT molecular complexity index is 662. The Balaban J connectivity index is 1.59. The molecule has 7 atom stereocenters. The fourth-order valence-corrected chi connectivity index (χ4v) is 9.23. The van der Waals surface area contributed by atoms with Crippen LogP contribution in [-0.2, 0) is 4.43 Å². The van der Waals surface area contributed by atoms with Gasteiger partial charge in [0.2, 0.25) is 0 Å². The zero-order valence-electron chi connectivity index (χ0n) is 20.2. The second-order valence-corrected chi connectivity index (χ2v) is 17.5. The molecule has 0 aliphatic heterocycles. The lowest BCUT2D eigenvalue weighted by Crippen LogP contribution is -2.54.